The van der Waals surface area contributed by atoms with Gasteiger partial charge in [-0.15, -0.1) is 16.8 Å². The van der Waals surface area contributed by atoms with Gasteiger partial charge in [0.15, 0.2) is 10.3 Å². The Morgan fingerprint density at radius 2 is 1.87 bits per heavy atom. The van der Waals surface area contributed by atoms with E-state index in [1.807, 2.05) is 24.5 Å². The summed E-state index contributed by atoms with van der Waals surface area (Å²) in [7, 11) is 0. The highest BCUT2D eigenvalue weighted by Crippen LogP contribution is 2.23. The standard InChI is InChI=1S/C20H21FN6OS2/c1-4-9-27-17(11-29-19-22-13(2)10-14(3)23-19)25-26-20(27)30-12-18(28)24-16-7-5-15(21)6-8-16/h4-8,10H,1,9,11-12H2,2-3H3,(H,24,28). The molecule has 0 fully saturated rings. The maximum atomic E-state index is 13.0. The van der Waals surface area contributed by atoms with Crippen molar-refractivity contribution in [3.8, 4) is 0 Å². The van der Waals surface area contributed by atoms with Crippen LogP contribution in [-0.4, -0.2) is 36.4 Å². The van der Waals surface area contributed by atoms with Crippen LogP contribution < -0.4 is 5.32 Å². The van der Waals surface area contributed by atoms with E-state index < -0.39 is 0 Å². The van der Waals surface area contributed by atoms with Gasteiger partial charge in [0.05, 0.1) is 11.5 Å². The molecule has 0 saturated carbocycles. The Morgan fingerprint density at radius 3 is 2.53 bits per heavy atom. The summed E-state index contributed by atoms with van der Waals surface area (Å²) in [6.07, 6.45) is 1.76. The number of amides is 1. The van der Waals surface area contributed by atoms with Gasteiger partial charge in [0, 0.05) is 23.6 Å². The van der Waals surface area contributed by atoms with Crippen molar-refractivity contribution in [1.29, 1.82) is 0 Å². The first kappa shape index (κ1) is 22.0. The van der Waals surface area contributed by atoms with Crippen molar-refractivity contribution in [3.05, 3.63) is 66.0 Å². The molecule has 0 radical (unpaired) electrons. The lowest BCUT2D eigenvalue weighted by molar-refractivity contribution is -0.113. The van der Waals surface area contributed by atoms with Crippen molar-refractivity contribution in [2.24, 2.45) is 0 Å². The van der Waals surface area contributed by atoms with Crippen molar-refractivity contribution in [1.82, 2.24) is 24.7 Å². The van der Waals surface area contributed by atoms with E-state index in [0.29, 0.717) is 28.3 Å². The number of halogens is 1. The second-order valence-electron chi connectivity index (χ2n) is 6.36. The van der Waals surface area contributed by atoms with E-state index in [-0.39, 0.29) is 17.5 Å². The molecule has 1 amide bonds. The normalized spacial score (nSPS) is 10.8. The Bertz CT molecular complexity index is 1020. The Morgan fingerprint density at radius 1 is 1.17 bits per heavy atom. The van der Waals surface area contributed by atoms with Crippen LogP contribution in [0.15, 0.2) is 53.3 Å². The maximum absolute atomic E-state index is 13.0. The summed E-state index contributed by atoms with van der Waals surface area (Å²) in [5, 5.41) is 12.5. The predicted molar refractivity (Wildman–Crippen MR) is 117 cm³/mol. The molecule has 156 valence electrons. The third-order valence-electron chi connectivity index (χ3n) is 3.86. The molecule has 3 aromatic rings. The van der Waals surface area contributed by atoms with Crippen molar-refractivity contribution in [2.75, 3.05) is 11.1 Å². The van der Waals surface area contributed by atoms with Gasteiger partial charge in [0.1, 0.15) is 11.6 Å². The van der Waals surface area contributed by atoms with Gasteiger partial charge >= 0.3 is 0 Å². The molecule has 1 N–H and O–H groups in total. The van der Waals surface area contributed by atoms with E-state index in [9.17, 15) is 9.18 Å². The molecule has 10 heteroatoms. The van der Waals surface area contributed by atoms with Gasteiger partial charge in [0.25, 0.3) is 0 Å². The van der Waals surface area contributed by atoms with Crippen LogP contribution in [0.2, 0.25) is 0 Å². The number of thioether (sulfide) groups is 2. The highest BCUT2D eigenvalue weighted by molar-refractivity contribution is 7.99. The fourth-order valence-electron chi connectivity index (χ4n) is 2.59. The number of carbonyl (C=O) groups is 1. The van der Waals surface area contributed by atoms with Crippen LogP contribution in [0.25, 0.3) is 0 Å². The van der Waals surface area contributed by atoms with Crippen LogP contribution in [0, 0.1) is 19.7 Å². The molecule has 1 aromatic carbocycles. The van der Waals surface area contributed by atoms with Gasteiger partial charge in [-0.25, -0.2) is 14.4 Å². The van der Waals surface area contributed by atoms with Gasteiger partial charge in [0.2, 0.25) is 5.91 Å². The van der Waals surface area contributed by atoms with Gasteiger partial charge < -0.3 is 9.88 Å². The minimum absolute atomic E-state index is 0.153. The summed E-state index contributed by atoms with van der Waals surface area (Å²) >= 11 is 2.76. The smallest absolute Gasteiger partial charge is 0.234 e. The molecular formula is C20H21FN6OS2. The van der Waals surface area contributed by atoms with E-state index in [4.69, 9.17) is 0 Å². The quantitative estimate of drug-likeness (QED) is 0.303. The molecule has 0 aliphatic carbocycles. The predicted octanol–water partition coefficient (Wildman–Crippen LogP) is 4.03. The minimum Gasteiger partial charge on any atom is -0.325 e. The first-order valence-electron chi connectivity index (χ1n) is 9.11. The maximum Gasteiger partial charge on any atom is 0.234 e. The lowest BCUT2D eigenvalue weighted by Crippen LogP contribution is -2.14. The fraction of sp³-hybridized carbons (Fsp3) is 0.250. The average molecular weight is 445 g/mol. The van der Waals surface area contributed by atoms with E-state index in [0.717, 1.165) is 17.2 Å². The number of rotatable bonds is 9. The van der Waals surface area contributed by atoms with E-state index >= 15 is 0 Å². The molecule has 0 atom stereocenters. The Hall–Kier alpha value is -2.72. The second kappa shape index (κ2) is 10.4. The molecule has 0 saturated heterocycles. The summed E-state index contributed by atoms with van der Waals surface area (Å²) in [6, 6.07) is 7.56. The summed E-state index contributed by atoms with van der Waals surface area (Å²) in [4.78, 5) is 21.1. The molecule has 3 rings (SSSR count). The molecule has 0 aliphatic rings. The number of nitrogens with zero attached hydrogens (tertiary/aromatic N) is 5. The highest BCUT2D eigenvalue weighted by Gasteiger charge is 2.15. The Labute approximate surface area is 182 Å². The molecule has 0 unspecified atom stereocenters. The lowest BCUT2D eigenvalue weighted by Gasteiger charge is -2.08. The monoisotopic (exact) mass is 444 g/mol. The SMILES string of the molecule is C=CCn1c(CSc2nc(C)cc(C)n2)nnc1SCC(=O)Nc1ccc(F)cc1. The van der Waals surface area contributed by atoms with Crippen LogP contribution >= 0.6 is 23.5 Å². The first-order valence-corrected chi connectivity index (χ1v) is 11.1. The second-order valence-corrected chi connectivity index (χ2v) is 8.25. The summed E-state index contributed by atoms with van der Waals surface area (Å²) in [5.74, 6) is 0.895. The summed E-state index contributed by atoms with van der Waals surface area (Å²) < 4.78 is 14.9. The van der Waals surface area contributed by atoms with Crippen LogP contribution in [-0.2, 0) is 17.1 Å². The Balaban J connectivity index is 1.62. The molecule has 2 aromatic heterocycles. The zero-order chi connectivity index (χ0) is 21.5. The Kier molecular flexibility index (Phi) is 7.58. The number of aromatic nitrogens is 5. The number of hydrogen-bond donors (Lipinski definition) is 1. The third-order valence-corrected chi connectivity index (χ3v) is 5.67. The number of aryl methyl sites for hydroxylation is 2. The molecular weight excluding hydrogens is 423 g/mol. The lowest BCUT2D eigenvalue weighted by atomic mass is 10.3. The zero-order valence-electron chi connectivity index (χ0n) is 16.6. The first-order chi connectivity index (χ1) is 14.4. The third kappa shape index (κ3) is 6.14. The molecule has 7 nitrogen and oxygen atoms in total. The van der Waals surface area contributed by atoms with Crippen molar-refractivity contribution < 1.29 is 9.18 Å². The van der Waals surface area contributed by atoms with Crippen LogP contribution in [0.1, 0.15) is 17.2 Å². The van der Waals surface area contributed by atoms with Crippen molar-refractivity contribution in [2.45, 2.75) is 36.5 Å². The van der Waals surface area contributed by atoms with Crippen LogP contribution in [0.3, 0.4) is 0 Å². The average Bonchev–Trinajstić information content (AvgIpc) is 3.08. The number of hydrogen-bond acceptors (Lipinski definition) is 7. The fourth-order valence-corrected chi connectivity index (χ4v) is 4.25. The van der Waals surface area contributed by atoms with Gasteiger partial charge in [-0.3, -0.25) is 4.79 Å². The number of nitrogens with one attached hydrogen (secondary N) is 1. The largest absolute Gasteiger partial charge is 0.325 e. The molecule has 0 aliphatic heterocycles. The number of carbonyl (C=O) groups excluding carboxylic acids is 1. The number of benzene rings is 1. The van der Waals surface area contributed by atoms with Gasteiger partial charge in [-0.1, -0.05) is 29.6 Å². The molecule has 30 heavy (non-hydrogen) atoms. The van der Waals surface area contributed by atoms with E-state index in [2.05, 4.69) is 32.1 Å². The van der Waals surface area contributed by atoms with Crippen LogP contribution in [0.5, 0.6) is 0 Å². The number of anilines is 1. The summed E-state index contributed by atoms with van der Waals surface area (Å²) in [6.45, 7) is 8.19. The van der Waals surface area contributed by atoms with E-state index in [1.165, 1.54) is 47.8 Å². The molecule has 2 heterocycles. The zero-order valence-corrected chi connectivity index (χ0v) is 18.3. The number of allylic oxidation sites excluding steroid dienone is 1. The van der Waals surface area contributed by atoms with Gasteiger partial charge in [-0.2, -0.15) is 0 Å². The summed E-state index contributed by atoms with van der Waals surface area (Å²) in [5.41, 5.74) is 2.38. The minimum atomic E-state index is -0.350. The van der Waals surface area contributed by atoms with Gasteiger partial charge in [-0.05, 0) is 44.2 Å². The highest BCUT2D eigenvalue weighted by atomic mass is 32.2. The molecule has 0 spiro atoms. The molecule has 0 bridgehead atoms. The topological polar surface area (TPSA) is 85.6 Å². The van der Waals surface area contributed by atoms with Crippen LogP contribution in [0.4, 0.5) is 10.1 Å². The van der Waals surface area contributed by atoms with Crippen molar-refractivity contribution >= 4 is 35.1 Å². The van der Waals surface area contributed by atoms with Crippen molar-refractivity contribution in [3.63, 3.8) is 0 Å². The van der Waals surface area contributed by atoms with E-state index in [1.54, 1.807) is 6.08 Å².